The van der Waals surface area contributed by atoms with Gasteiger partial charge in [0.15, 0.2) is 11.5 Å². The molecule has 4 aromatic rings. The number of amides is 1. The molecule has 0 saturated carbocycles. The summed E-state index contributed by atoms with van der Waals surface area (Å²) in [6.45, 7) is 0. The number of nitrogens with one attached hydrogen (secondary N) is 1. The molecule has 0 saturated heterocycles. The molecule has 4 rings (SSSR count). The summed E-state index contributed by atoms with van der Waals surface area (Å²) in [4.78, 5) is 21.0. The summed E-state index contributed by atoms with van der Waals surface area (Å²) in [5.74, 6) is -1.31. The van der Waals surface area contributed by atoms with Gasteiger partial charge in [0.05, 0.1) is 47.5 Å². The molecule has 0 fully saturated rings. The monoisotopic (exact) mass is 492 g/mol. The van der Waals surface area contributed by atoms with Crippen molar-refractivity contribution < 1.29 is 18.0 Å². The van der Waals surface area contributed by atoms with Crippen molar-refractivity contribution in [3.05, 3.63) is 77.5 Å². The predicted molar refractivity (Wildman–Crippen MR) is 122 cm³/mol. The van der Waals surface area contributed by atoms with Gasteiger partial charge in [-0.2, -0.15) is 28.6 Å². The molecular weight excluding hydrogens is 477 g/mol. The van der Waals surface area contributed by atoms with Crippen LogP contribution in [0.4, 0.5) is 18.9 Å². The molecule has 0 aliphatic rings. The van der Waals surface area contributed by atoms with Crippen LogP contribution >= 0.6 is 0 Å². The summed E-state index contributed by atoms with van der Waals surface area (Å²) in [6.07, 6.45) is -1.47. The van der Waals surface area contributed by atoms with Gasteiger partial charge < -0.3 is 11.1 Å². The number of carbonyl (C=O) groups excluding carboxylic acids is 1. The average molecular weight is 492 g/mol. The molecule has 3 aromatic heterocycles. The summed E-state index contributed by atoms with van der Waals surface area (Å²) in [6, 6.07) is 10.9. The number of hydrogen-bond acceptors (Lipinski definition) is 7. The van der Waals surface area contributed by atoms with E-state index in [-0.39, 0.29) is 28.5 Å². The molecule has 0 atom stereocenters. The molecule has 0 spiro atoms. The molecule has 0 aliphatic heterocycles. The average Bonchev–Trinajstić information content (AvgIpc) is 3.33. The third-order valence-corrected chi connectivity index (χ3v) is 4.88. The number of nitriles is 1. The molecular formula is C22H15F3N10O. The maximum atomic E-state index is 14.1. The smallest absolute Gasteiger partial charge is 0.380 e. The Morgan fingerprint density at radius 1 is 1.19 bits per heavy atom. The number of hydrogen-bond donors (Lipinski definition) is 2. The van der Waals surface area contributed by atoms with E-state index in [9.17, 15) is 23.2 Å². The first-order chi connectivity index (χ1) is 17.2. The van der Waals surface area contributed by atoms with Gasteiger partial charge in [-0.15, -0.1) is 5.10 Å². The highest BCUT2D eigenvalue weighted by molar-refractivity contribution is 6.06. The first-order valence-electron chi connectivity index (χ1n) is 10.1. The van der Waals surface area contributed by atoms with Crippen LogP contribution in [0.25, 0.3) is 16.6 Å². The van der Waals surface area contributed by atoms with Crippen LogP contribution in [0.1, 0.15) is 27.3 Å². The van der Waals surface area contributed by atoms with E-state index in [1.807, 2.05) is 6.07 Å². The van der Waals surface area contributed by atoms with Crippen LogP contribution in [0.2, 0.25) is 0 Å². The van der Waals surface area contributed by atoms with Gasteiger partial charge in [-0.05, 0) is 35.6 Å². The molecule has 14 heteroatoms. The molecule has 1 aromatic carbocycles. The van der Waals surface area contributed by atoms with Crippen LogP contribution in [0.3, 0.4) is 0 Å². The molecule has 1 amide bonds. The maximum absolute atomic E-state index is 14.1. The molecule has 3 N–H and O–H groups in total. The van der Waals surface area contributed by atoms with Crippen LogP contribution in [0.5, 0.6) is 0 Å². The fraction of sp³-hybridized carbons (Fsp3) is 0.0909. The number of anilines is 1. The lowest BCUT2D eigenvalue weighted by Crippen LogP contribution is -2.21. The summed E-state index contributed by atoms with van der Waals surface area (Å²) in [5, 5.41) is 26.3. The molecule has 11 nitrogen and oxygen atoms in total. The Hall–Kier alpha value is -5.19. The molecule has 0 radical (unpaired) electrons. The van der Waals surface area contributed by atoms with Crippen molar-refractivity contribution in [1.29, 1.82) is 5.26 Å². The normalized spacial score (nSPS) is 12.1. The number of carbonyl (C=O) groups is 1. The second-order valence-corrected chi connectivity index (χ2v) is 7.12. The van der Waals surface area contributed by atoms with E-state index in [0.29, 0.717) is 15.6 Å². The van der Waals surface area contributed by atoms with Gasteiger partial charge in [0.25, 0.3) is 5.91 Å². The summed E-state index contributed by atoms with van der Waals surface area (Å²) in [7, 11) is 1.36. The largest absolute Gasteiger partial charge is 0.434 e. The van der Waals surface area contributed by atoms with Crippen molar-refractivity contribution in [2.45, 2.75) is 6.18 Å². The van der Waals surface area contributed by atoms with Gasteiger partial charge in [-0.25, -0.2) is 9.67 Å². The highest BCUT2D eigenvalue weighted by Crippen LogP contribution is 2.35. The van der Waals surface area contributed by atoms with E-state index < -0.39 is 23.3 Å². The van der Waals surface area contributed by atoms with Crippen molar-refractivity contribution in [2.24, 2.45) is 21.2 Å². The number of benzene rings is 1. The number of fused-ring (bicyclic) bond motifs is 1. The van der Waals surface area contributed by atoms with E-state index in [4.69, 9.17) is 5.73 Å². The van der Waals surface area contributed by atoms with Gasteiger partial charge in [-0.1, -0.05) is 6.07 Å². The number of pyridine rings is 2. The predicted octanol–water partition coefficient (Wildman–Crippen LogP) is 3.66. The number of rotatable bonds is 5. The number of nitrogens with zero attached hydrogens (tertiary/aromatic N) is 8. The van der Waals surface area contributed by atoms with E-state index in [0.717, 1.165) is 12.4 Å². The lowest BCUT2D eigenvalue weighted by atomic mass is 10.1. The van der Waals surface area contributed by atoms with E-state index in [2.05, 4.69) is 35.8 Å². The standard InChI is InChI=1S/C22H15F3N10O/c1-28-34-33-20(27)18-12(9-26)8-13(10-30-18)32-21(36)15-11-31-35(19(15)22(23,24)25)17-6-2-5-16-14(17)4-3-7-29-16/h2-8,10-11H,1H3,(H,32,36)(H2,27,28,33). The highest BCUT2D eigenvalue weighted by atomic mass is 19.4. The lowest BCUT2D eigenvalue weighted by Gasteiger charge is -2.14. The molecule has 180 valence electrons. The molecule has 0 bridgehead atoms. The second kappa shape index (κ2) is 9.58. The SMILES string of the molecule is CN=NN=C(N)c1ncc(NC(=O)c2cnn(-c3cccc4ncccc34)c2C(F)(F)F)cc1C#N. The minimum atomic E-state index is -4.92. The van der Waals surface area contributed by atoms with Gasteiger partial charge in [0.1, 0.15) is 11.8 Å². The van der Waals surface area contributed by atoms with E-state index >= 15 is 0 Å². The Kier molecular flexibility index (Phi) is 6.38. The summed E-state index contributed by atoms with van der Waals surface area (Å²) >= 11 is 0. The minimum Gasteiger partial charge on any atom is -0.380 e. The van der Waals surface area contributed by atoms with Crippen LogP contribution in [0.15, 0.2) is 70.4 Å². The van der Waals surface area contributed by atoms with Crippen molar-refractivity contribution >= 4 is 28.3 Å². The van der Waals surface area contributed by atoms with Crippen molar-refractivity contribution in [3.63, 3.8) is 0 Å². The van der Waals surface area contributed by atoms with Crippen molar-refractivity contribution in [3.8, 4) is 11.8 Å². The second-order valence-electron chi connectivity index (χ2n) is 7.12. The third-order valence-electron chi connectivity index (χ3n) is 4.88. The van der Waals surface area contributed by atoms with Crippen LogP contribution in [-0.2, 0) is 6.18 Å². The zero-order chi connectivity index (χ0) is 25.9. The minimum absolute atomic E-state index is 0.0312. The zero-order valence-electron chi connectivity index (χ0n) is 18.4. The maximum Gasteiger partial charge on any atom is 0.434 e. The number of aromatic nitrogens is 4. The lowest BCUT2D eigenvalue weighted by molar-refractivity contribution is -0.143. The Morgan fingerprint density at radius 2 is 2.00 bits per heavy atom. The number of alkyl halides is 3. The topological polar surface area (TPSA) is 160 Å². The van der Waals surface area contributed by atoms with Crippen LogP contribution in [0, 0.1) is 11.3 Å². The van der Waals surface area contributed by atoms with E-state index in [1.165, 1.54) is 25.4 Å². The highest BCUT2D eigenvalue weighted by Gasteiger charge is 2.41. The Balaban J connectivity index is 1.74. The Bertz CT molecular complexity index is 1560. The molecule has 0 unspecified atom stereocenters. The van der Waals surface area contributed by atoms with Crippen LogP contribution in [-0.4, -0.2) is 38.5 Å². The summed E-state index contributed by atoms with van der Waals surface area (Å²) in [5.41, 5.74) is 4.12. The Morgan fingerprint density at radius 3 is 2.72 bits per heavy atom. The Labute approximate surface area is 200 Å². The summed E-state index contributed by atoms with van der Waals surface area (Å²) < 4.78 is 43.1. The van der Waals surface area contributed by atoms with Crippen molar-refractivity contribution in [2.75, 3.05) is 12.4 Å². The number of nitrogens with two attached hydrogens (primary N) is 1. The van der Waals surface area contributed by atoms with Crippen molar-refractivity contribution in [1.82, 2.24) is 19.7 Å². The molecule has 36 heavy (non-hydrogen) atoms. The quantitative estimate of drug-likeness (QED) is 0.187. The van der Waals surface area contributed by atoms with Gasteiger partial charge in [0.2, 0.25) is 0 Å². The third kappa shape index (κ3) is 4.57. The number of amidine groups is 1. The zero-order valence-corrected chi connectivity index (χ0v) is 18.4. The van der Waals surface area contributed by atoms with E-state index in [1.54, 1.807) is 24.3 Å². The van der Waals surface area contributed by atoms with Gasteiger partial charge >= 0.3 is 6.18 Å². The first-order valence-corrected chi connectivity index (χ1v) is 10.1. The fourth-order valence-electron chi connectivity index (χ4n) is 3.40. The first kappa shape index (κ1) is 24.0. The fourth-order valence-corrected chi connectivity index (χ4v) is 3.40. The number of halogens is 3. The molecule has 0 aliphatic carbocycles. The van der Waals surface area contributed by atoms with Gasteiger partial charge in [-0.3, -0.25) is 9.78 Å². The van der Waals surface area contributed by atoms with Gasteiger partial charge in [0, 0.05) is 11.6 Å². The molecule has 3 heterocycles. The van der Waals surface area contributed by atoms with Crippen LogP contribution < -0.4 is 11.1 Å².